The molecule has 1 heterocycles. The van der Waals surface area contributed by atoms with E-state index in [9.17, 15) is 0 Å². The molecule has 0 aromatic carbocycles. The third kappa shape index (κ3) is 5.92. The summed E-state index contributed by atoms with van der Waals surface area (Å²) in [7, 11) is 1.67. The molecule has 0 aromatic heterocycles. The van der Waals surface area contributed by atoms with Gasteiger partial charge < -0.3 is 20.5 Å². The summed E-state index contributed by atoms with van der Waals surface area (Å²) >= 11 is 0. The lowest BCUT2D eigenvalue weighted by Crippen LogP contribution is -2.32. The number of ether oxygens (including phenoxy) is 2. The van der Waals surface area contributed by atoms with E-state index in [2.05, 4.69) is 10.3 Å². The maximum atomic E-state index is 5.61. The second-order valence-electron chi connectivity index (χ2n) is 4.02. The minimum absolute atomic E-state index is 0.490. The topological polar surface area (TPSA) is 68.9 Å². The Morgan fingerprint density at radius 2 is 2.25 bits per heavy atom. The Morgan fingerprint density at radius 3 is 2.94 bits per heavy atom. The molecule has 1 fully saturated rings. The lowest BCUT2D eigenvalue weighted by atomic mass is 10.0. The third-order valence-electron chi connectivity index (χ3n) is 2.71. The first-order valence-electron chi connectivity index (χ1n) is 5.94. The van der Waals surface area contributed by atoms with E-state index >= 15 is 0 Å². The number of guanidine groups is 1. The van der Waals surface area contributed by atoms with Crippen LogP contribution < -0.4 is 11.1 Å². The Bertz CT molecular complexity index is 203. The van der Waals surface area contributed by atoms with Crippen LogP contribution in [0.4, 0.5) is 0 Å². The standard InChI is InChI=1S/C11H23N3O2/c1-13-11(12)14-5-2-6-16-9-10-3-7-15-8-4-10/h10H,2-9H2,1H3,(H3,12,13,14). The number of hydrogen-bond acceptors (Lipinski definition) is 3. The molecule has 0 saturated carbocycles. The van der Waals surface area contributed by atoms with Crippen LogP contribution in [0.25, 0.3) is 0 Å². The zero-order valence-electron chi connectivity index (χ0n) is 10.1. The van der Waals surface area contributed by atoms with Gasteiger partial charge in [0.2, 0.25) is 0 Å². The molecule has 3 N–H and O–H groups in total. The summed E-state index contributed by atoms with van der Waals surface area (Å²) in [4.78, 5) is 3.81. The van der Waals surface area contributed by atoms with Gasteiger partial charge in [0.1, 0.15) is 0 Å². The van der Waals surface area contributed by atoms with Crippen molar-refractivity contribution in [1.82, 2.24) is 5.32 Å². The van der Waals surface area contributed by atoms with Crippen LogP contribution >= 0.6 is 0 Å². The Kier molecular flexibility index (Phi) is 6.92. The van der Waals surface area contributed by atoms with Crippen LogP contribution in [0.15, 0.2) is 4.99 Å². The summed E-state index contributed by atoms with van der Waals surface area (Å²) in [5.74, 6) is 1.17. The van der Waals surface area contributed by atoms with Gasteiger partial charge in [-0.3, -0.25) is 4.99 Å². The van der Waals surface area contributed by atoms with E-state index in [-0.39, 0.29) is 0 Å². The number of nitrogens with zero attached hydrogens (tertiary/aromatic N) is 1. The summed E-state index contributed by atoms with van der Waals surface area (Å²) in [5.41, 5.74) is 5.49. The Balaban J connectivity index is 1.87. The van der Waals surface area contributed by atoms with Crippen molar-refractivity contribution in [3.05, 3.63) is 0 Å². The molecule has 0 radical (unpaired) electrons. The monoisotopic (exact) mass is 229 g/mol. The van der Waals surface area contributed by atoms with Crippen LogP contribution in [0, 0.1) is 5.92 Å². The summed E-state index contributed by atoms with van der Waals surface area (Å²) < 4.78 is 10.9. The van der Waals surface area contributed by atoms with E-state index in [1.54, 1.807) is 7.05 Å². The fraction of sp³-hybridized carbons (Fsp3) is 0.909. The first kappa shape index (κ1) is 13.3. The first-order chi connectivity index (χ1) is 7.83. The summed E-state index contributed by atoms with van der Waals surface area (Å²) in [6, 6.07) is 0. The van der Waals surface area contributed by atoms with Gasteiger partial charge in [0.05, 0.1) is 0 Å². The van der Waals surface area contributed by atoms with Crippen LogP contribution in [0.5, 0.6) is 0 Å². The molecule has 0 bridgehead atoms. The van der Waals surface area contributed by atoms with Gasteiger partial charge in [0.15, 0.2) is 5.96 Å². The normalized spacial score (nSPS) is 18.7. The van der Waals surface area contributed by atoms with E-state index in [1.165, 1.54) is 0 Å². The average molecular weight is 229 g/mol. The average Bonchev–Trinajstić information content (AvgIpc) is 2.34. The van der Waals surface area contributed by atoms with Gasteiger partial charge in [-0.2, -0.15) is 0 Å². The van der Waals surface area contributed by atoms with Gasteiger partial charge in [0, 0.05) is 40.0 Å². The van der Waals surface area contributed by atoms with Crippen molar-refractivity contribution < 1.29 is 9.47 Å². The van der Waals surface area contributed by atoms with Gasteiger partial charge in [-0.1, -0.05) is 0 Å². The fourth-order valence-electron chi connectivity index (χ4n) is 1.63. The van der Waals surface area contributed by atoms with E-state index < -0.39 is 0 Å². The smallest absolute Gasteiger partial charge is 0.188 e. The highest BCUT2D eigenvalue weighted by Gasteiger charge is 2.13. The number of nitrogens with one attached hydrogen (secondary N) is 1. The maximum Gasteiger partial charge on any atom is 0.188 e. The molecule has 1 rings (SSSR count). The Labute approximate surface area is 97.4 Å². The van der Waals surface area contributed by atoms with Gasteiger partial charge in [-0.05, 0) is 25.2 Å². The molecule has 0 atom stereocenters. The number of nitrogens with two attached hydrogens (primary N) is 1. The van der Waals surface area contributed by atoms with E-state index in [0.29, 0.717) is 11.9 Å². The van der Waals surface area contributed by atoms with Crippen LogP contribution in [0.2, 0.25) is 0 Å². The summed E-state index contributed by atoms with van der Waals surface area (Å²) in [6.45, 7) is 4.23. The second-order valence-corrected chi connectivity index (χ2v) is 4.02. The third-order valence-corrected chi connectivity index (χ3v) is 2.71. The van der Waals surface area contributed by atoms with Crippen LogP contribution in [0.3, 0.4) is 0 Å². The Hall–Kier alpha value is -0.810. The van der Waals surface area contributed by atoms with Crippen molar-refractivity contribution in [2.24, 2.45) is 16.6 Å². The molecule has 0 amide bonds. The SMILES string of the molecule is CN=C(N)NCCCOCC1CCOCC1. The highest BCUT2D eigenvalue weighted by molar-refractivity contribution is 5.77. The van der Waals surface area contributed by atoms with Crippen LogP contribution in [-0.2, 0) is 9.47 Å². The quantitative estimate of drug-likeness (QED) is 0.392. The molecule has 1 saturated heterocycles. The van der Waals surface area contributed by atoms with Crippen LogP contribution in [-0.4, -0.2) is 46.0 Å². The van der Waals surface area contributed by atoms with Crippen molar-refractivity contribution in [2.75, 3.05) is 40.0 Å². The van der Waals surface area contributed by atoms with Gasteiger partial charge >= 0.3 is 0 Å². The van der Waals surface area contributed by atoms with Gasteiger partial charge in [-0.25, -0.2) is 0 Å². The van der Waals surface area contributed by atoms with E-state index in [1.807, 2.05) is 0 Å². The zero-order chi connectivity index (χ0) is 11.6. The molecule has 0 unspecified atom stereocenters. The van der Waals surface area contributed by atoms with Crippen molar-refractivity contribution in [2.45, 2.75) is 19.3 Å². The van der Waals surface area contributed by atoms with Crippen molar-refractivity contribution in [3.8, 4) is 0 Å². The summed E-state index contributed by atoms with van der Waals surface area (Å²) in [6.07, 6.45) is 3.22. The molecule has 5 heteroatoms. The van der Waals surface area contributed by atoms with Crippen LogP contribution in [0.1, 0.15) is 19.3 Å². The van der Waals surface area contributed by atoms with E-state index in [4.69, 9.17) is 15.2 Å². The number of hydrogen-bond donors (Lipinski definition) is 2. The molecule has 0 spiro atoms. The predicted octanol–water partition coefficient (Wildman–Crippen LogP) is 0.354. The molecular formula is C11H23N3O2. The molecule has 94 valence electrons. The minimum Gasteiger partial charge on any atom is -0.381 e. The fourth-order valence-corrected chi connectivity index (χ4v) is 1.63. The first-order valence-corrected chi connectivity index (χ1v) is 5.94. The van der Waals surface area contributed by atoms with E-state index in [0.717, 1.165) is 52.2 Å². The Morgan fingerprint density at radius 1 is 1.50 bits per heavy atom. The lowest BCUT2D eigenvalue weighted by Gasteiger charge is -2.21. The lowest BCUT2D eigenvalue weighted by molar-refractivity contribution is 0.0203. The highest BCUT2D eigenvalue weighted by atomic mass is 16.5. The van der Waals surface area contributed by atoms with Crippen molar-refractivity contribution in [1.29, 1.82) is 0 Å². The second kappa shape index (κ2) is 8.35. The molecule has 1 aliphatic heterocycles. The predicted molar refractivity (Wildman–Crippen MR) is 64.5 cm³/mol. The molecule has 1 aliphatic rings. The number of rotatable bonds is 6. The minimum atomic E-state index is 0.490. The van der Waals surface area contributed by atoms with Gasteiger partial charge in [0.25, 0.3) is 0 Å². The molecule has 5 nitrogen and oxygen atoms in total. The maximum absolute atomic E-state index is 5.61. The molecule has 0 aromatic rings. The highest BCUT2D eigenvalue weighted by Crippen LogP contribution is 2.14. The zero-order valence-corrected chi connectivity index (χ0v) is 10.1. The van der Waals surface area contributed by atoms with Crippen molar-refractivity contribution >= 4 is 5.96 Å². The van der Waals surface area contributed by atoms with Crippen molar-refractivity contribution in [3.63, 3.8) is 0 Å². The number of aliphatic imine (C=N–C) groups is 1. The molecule has 16 heavy (non-hydrogen) atoms. The molecule has 0 aliphatic carbocycles. The van der Waals surface area contributed by atoms with Gasteiger partial charge in [-0.15, -0.1) is 0 Å². The molecular weight excluding hydrogens is 206 g/mol. The largest absolute Gasteiger partial charge is 0.381 e. The summed E-state index contributed by atoms with van der Waals surface area (Å²) in [5, 5.41) is 3.00.